The molecule has 1 N–H and O–H groups in total. The number of rotatable bonds is 2. The maximum absolute atomic E-state index is 6.21. The molecule has 7 heteroatoms. The quantitative estimate of drug-likeness (QED) is 0.615. The molecule has 4 aromatic heterocycles. The molecule has 22 heavy (non-hydrogen) atoms. The average molecular weight is 309 g/mol. The van der Waals surface area contributed by atoms with Gasteiger partial charge in [-0.15, -0.1) is 0 Å². The summed E-state index contributed by atoms with van der Waals surface area (Å²) in [5, 5.41) is 8.12. The molecule has 0 unspecified atom stereocenters. The van der Waals surface area contributed by atoms with Crippen LogP contribution < -0.4 is 0 Å². The van der Waals surface area contributed by atoms with E-state index in [0.29, 0.717) is 22.1 Å². The molecule has 0 aliphatic heterocycles. The molecular weight excluding hydrogens is 300 g/mol. The van der Waals surface area contributed by atoms with Crippen molar-refractivity contribution in [1.29, 1.82) is 0 Å². The summed E-state index contributed by atoms with van der Waals surface area (Å²) in [6.45, 7) is 0. The minimum Gasteiger partial charge on any atom is -0.276 e. The van der Waals surface area contributed by atoms with E-state index < -0.39 is 0 Å². The van der Waals surface area contributed by atoms with Crippen LogP contribution in [0.2, 0.25) is 5.02 Å². The lowest BCUT2D eigenvalue weighted by molar-refractivity contribution is 1.09. The summed E-state index contributed by atoms with van der Waals surface area (Å²) < 4.78 is 0. The highest BCUT2D eigenvalue weighted by Crippen LogP contribution is 2.29. The highest BCUT2D eigenvalue weighted by atomic mass is 35.5. The zero-order valence-corrected chi connectivity index (χ0v) is 12.0. The maximum Gasteiger partial charge on any atom is 0.159 e. The minimum atomic E-state index is 0.513. The smallest absolute Gasteiger partial charge is 0.159 e. The van der Waals surface area contributed by atoms with Gasteiger partial charge in [0.1, 0.15) is 11.2 Å². The van der Waals surface area contributed by atoms with E-state index in [2.05, 4.69) is 30.1 Å². The number of aromatic nitrogens is 6. The van der Waals surface area contributed by atoms with Gasteiger partial charge in [0.25, 0.3) is 0 Å². The highest BCUT2D eigenvalue weighted by Gasteiger charge is 2.13. The molecule has 4 aromatic rings. The van der Waals surface area contributed by atoms with Crippen molar-refractivity contribution >= 4 is 22.5 Å². The first-order valence-corrected chi connectivity index (χ1v) is 6.92. The summed E-state index contributed by atoms with van der Waals surface area (Å²) >= 11 is 6.21. The van der Waals surface area contributed by atoms with E-state index in [-0.39, 0.29) is 0 Å². The van der Waals surface area contributed by atoms with Crippen LogP contribution in [0.25, 0.3) is 33.7 Å². The Morgan fingerprint density at radius 3 is 2.59 bits per heavy atom. The summed E-state index contributed by atoms with van der Waals surface area (Å²) in [6, 6.07) is 5.55. The fraction of sp³-hybridized carbons (Fsp3) is 0. The van der Waals surface area contributed by atoms with Crippen LogP contribution in [-0.2, 0) is 0 Å². The molecule has 0 fully saturated rings. The van der Waals surface area contributed by atoms with Gasteiger partial charge in [0, 0.05) is 41.9 Å². The van der Waals surface area contributed by atoms with E-state index in [4.69, 9.17) is 11.6 Å². The molecule has 106 valence electrons. The Morgan fingerprint density at radius 2 is 1.82 bits per heavy atom. The van der Waals surface area contributed by atoms with Crippen LogP contribution >= 0.6 is 11.6 Å². The van der Waals surface area contributed by atoms with Crippen molar-refractivity contribution in [1.82, 2.24) is 30.1 Å². The lowest BCUT2D eigenvalue weighted by atomic mass is 10.2. The Morgan fingerprint density at radius 1 is 0.955 bits per heavy atom. The van der Waals surface area contributed by atoms with Crippen LogP contribution in [0.5, 0.6) is 0 Å². The highest BCUT2D eigenvalue weighted by molar-refractivity contribution is 6.35. The van der Waals surface area contributed by atoms with Gasteiger partial charge < -0.3 is 0 Å². The predicted octanol–water partition coefficient (Wildman–Crippen LogP) is 3.13. The molecule has 0 saturated carbocycles. The SMILES string of the molecule is Clc1cnc(-c2ccn[nH]2)c2nc(-c3ccncc3)ncc12. The monoisotopic (exact) mass is 308 g/mol. The van der Waals surface area contributed by atoms with Gasteiger partial charge >= 0.3 is 0 Å². The van der Waals surface area contributed by atoms with E-state index in [1.54, 1.807) is 31.0 Å². The van der Waals surface area contributed by atoms with Gasteiger partial charge in [0.2, 0.25) is 0 Å². The van der Waals surface area contributed by atoms with Crippen molar-refractivity contribution < 1.29 is 0 Å². The summed E-state index contributed by atoms with van der Waals surface area (Å²) in [5.74, 6) is 0.597. The number of hydrogen-bond donors (Lipinski definition) is 1. The van der Waals surface area contributed by atoms with Gasteiger partial charge in [0.05, 0.1) is 10.7 Å². The minimum absolute atomic E-state index is 0.513. The molecule has 4 heterocycles. The molecule has 4 rings (SSSR count). The van der Waals surface area contributed by atoms with E-state index in [0.717, 1.165) is 16.6 Å². The summed E-state index contributed by atoms with van der Waals surface area (Å²) in [5.41, 5.74) is 3.03. The van der Waals surface area contributed by atoms with Gasteiger partial charge in [-0.2, -0.15) is 5.10 Å². The van der Waals surface area contributed by atoms with E-state index in [1.807, 2.05) is 18.2 Å². The van der Waals surface area contributed by atoms with Crippen LogP contribution in [0.1, 0.15) is 0 Å². The Balaban J connectivity index is 2.00. The van der Waals surface area contributed by atoms with Crippen molar-refractivity contribution in [2.75, 3.05) is 0 Å². The second-order valence-corrected chi connectivity index (χ2v) is 5.02. The molecule has 0 saturated heterocycles. The van der Waals surface area contributed by atoms with Crippen LogP contribution in [-0.4, -0.2) is 30.1 Å². The number of halogens is 1. The van der Waals surface area contributed by atoms with Gasteiger partial charge in [-0.1, -0.05) is 11.6 Å². The van der Waals surface area contributed by atoms with Gasteiger partial charge in [-0.25, -0.2) is 9.97 Å². The molecule has 0 amide bonds. The van der Waals surface area contributed by atoms with E-state index >= 15 is 0 Å². The lowest BCUT2D eigenvalue weighted by Crippen LogP contribution is -1.95. The third-order valence-electron chi connectivity index (χ3n) is 3.27. The number of nitrogens with one attached hydrogen (secondary N) is 1. The Bertz CT molecular complexity index is 937. The van der Waals surface area contributed by atoms with Crippen molar-refractivity contribution in [2.45, 2.75) is 0 Å². The number of pyridine rings is 2. The van der Waals surface area contributed by atoms with Gasteiger partial charge in [-0.3, -0.25) is 15.1 Å². The second kappa shape index (κ2) is 5.16. The largest absolute Gasteiger partial charge is 0.276 e. The molecule has 0 aromatic carbocycles. The second-order valence-electron chi connectivity index (χ2n) is 4.62. The number of hydrogen-bond acceptors (Lipinski definition) is 5. The lowest BCUT2D eigenvalue weighted by Gasteiger charge is -2.06. The summed E-state index contributed by atoms with van der Waals surface area (Å²) in [7, 11) is 0. The molecule has 6 nitrogen and oxygen atoms in total. The maximum atomic E-state index is 6.21. The normalized spacial score (nSPS) is 11.0. The number of nitrogens with zero attached hydrogens (tertiary/aromatic N) is 5. The molecule has 0 radical (unpaired) electrons. The van der Waals surface area contributed by atoms with Crippen molar-refractivity contribution in [2.24, 2.45) is 0 Å². The molecule has 0 spiro atoms. The Kier molecular flexibility index (Phi) is 3.01. The summed E-state index contributed by atoms with van der Waals surface area (Å²) in [4.78, 5) is 17.4. The van der Waals surface area contributed by atoms with E-state index in [9.17, 15) is 0 Å². The first kappa shape index (κ1) is 12.8. The third-order valence-corrected chi connectivity index (χ3v) is 3.57. The summed E-state index contributed by atoms with van der Waals surface area (Å²) in [6.07, 6.45) is 8.38. The number of aromatic amines is 1. The zero-order chi connectivity index (χ0) is 14.9. The average Bonchev–Trinajstić information content (AvgIpc) is 3.10. The van der Waals surface area contributed by atoms with Crippen molar-refractivity contribution in [3.63, 3.8) is 0 Å². The van der Waals surface area contributed by atoms with Crippen LogP contribution in [0.3, 0.4) is 0 Å². The first-order chi connectivity index (χ1) is 10.8. The fourth-order valence-electron chi connectivity index (χ4n) is 2.21. The molecule has 0 atom stereocenters. The van der Waals surface area contributed by atoms with Crippen LogP contribution in [0.4, 0.5) is 0 Å². The Hall–Kier alpha value is -2.86. The van der Waals surface area contributed by atoms with E-state index in [1.165, 1.54) is 0 Å². The van der Waals surface area contributed by atoms with Gasteiger partial charge in [0.15, 0.2) is 5.82 Å². The van der Waals surface area contributed by atoms with Crippen molar-refractivity contribution in [3.8, 4) is 22.8 Å². The zero-order valence-electron chi connectivity index (χ0n) is 11.2. The first-order valence-electron chi connectivity index (χ1n) is 6.54. The molecule has 0 aliphatic carbocycles. The third kappa shape index (κ3) is 2.10. The fourth-order valence-corrected chi connectivity index (χ4v) is 2.40. The van der Waals surface area contributed by atoms with Gasteiger partial charge in [-0.05, 0) is 18.2 Å². The van der Waals surface area contributed by atoms with Crippen molar-refractivity contribution in [3.05, 3.63) is 54.2 Å². The van der Waals surface area contributed by atoms with Crippen LogP contribution in [0.15, 0.2) is 49.2 Å². The Labute approximate surface area is 130 Å². The molecule has 0 bridgehead atoms. The predicted molar refractivity (Wildman–Crippen MR) is 83.2 cm³/mol. The molecular formula is C15H9ClN6. The van der Waals surface area contributed by atoms with Crippen LogP contribution in [0, 0.1) is 0 Å². The topological polar surface area (TPSA) is 80.2 Å². The number of H-pyrrole nitrogens is 1. The standard InChI is InChI=1S/C15H9ClN6/c16-11-8-18-14(12-3-6-20-22-12)13-10(11)7-19-15(21-13)9-1-4-17-5-2-9/h1-8H,(H,20,22). The molecule has 0 aliphatic rings. The number of fused-ring (bicyclic) bond motifs is 1.